The number of rotatable bonds is 9. The van der Waals surface area contributed by atoms with Crippen LogP contribution in [0.25, 0.3) is 0 Å². The molecule has 0 radical (unpaired) electrons. The normalized spacial score (nSPS) is 11.8. The number of likely N-dealkylation sites (N-methyl/N-ethyl adjacent to an activating group) is 1. The molecule has 2 aromatic rings. The first kappa shape index (κ1) is 22.5. The zero-order valence-corrected chi connectivity index (χ0v) is 18.1. The Morgan fingerprint density at radius 3 is 2.17 bits per heavy atom. The second-order valence-corrected chi connectivity index (χ2v) is 7.56. The molecule has 5 nitrogen and oxygen atoms in total. The monoisotopic (exact) mass is 396 g/mol. The average Bonchev–Trinajstić information content (AvgIpc) is 2.73. The van der Waals surface area contributed by atoms with Crippen LogP contribution in [0.2, 0.25) is 0 Å². The summed E-state index contributed by atoms with van der Waals surface area (Å²) < 4.78 is 5.73. The number of ether oxygens (including phenoxy) is 1. The van der Waals surface area contributed by atoms with Gasteiger partial charge in [-0.3, -0.25) is 9.59 Å². The minimum Gasteiger partial charge on any atom is -0.484 e. The van der Waals surface area contributed by atoms with Crippen LogP contribution in [-0.4, -0.2) is 36.4 Å². The van der Waals surface area contributed by atoms with E-state index >= 15 is 0 Å². The number of hydrogen-bond acceptors (Lipinski definition) is 3. The van der Waals surface area contributed by atoms with Gasteiger partial charge in [0, 0.05) is 13.6 Å². The molecule has 0 aromatic heterocycles. The van der Waals surface area contributed by atoms with E-state index in [-0.39, 0.29) is 18.4 Å². The summed E-state index contributed by atoms with van der Waals surface area (Å²) in [5.74, 6) is 0.697. The molecule has 0 bridgehead atoms. The standard InChI is InChI=1S/C24H32N2O3/c1-6-22(24(28)25-5)26(15-19-9-7-18(4)8-10-19)23(27)16-29-21-13-11-20(12-14-21)17(2)3/h7-14,17,22H,6,15-16H2,1-5H3,(H,25,28)/t22-/m1/s1. The number of carbonyl (C=O) groups is 2. The second kappa shape index (κ2) is 10.6. The van der Waals surface area contributed by atoms with Gasteiger partial charge in [-0.05, 0) is 42.5 Å². The molecule has 0 saturated carbocycles. The number of benzene rings is 2. The van der Waals surface area contributed by atoms with Gasteiger partial charge in [-0.25, -0.2) is 0 Å². The van der Waals surface area contributed by atoms with Crippen LogP contribution in [0.1, 0.15) is 49.8 Å². The van der Waals surface area contributed by atoms with Crippen LogP contribution in [0.15, 0.2) is 48.5 Å². The van der Waals surface area contributed by atoms with Crippen molar-refractivity contribution >= 4 is 11.8 Å². The summed E-state index contributed by atoms with van der Waals surface area (Å²) in [6, 6.07) is 15.2. The Hall–Kier alpha value is -2.82. The van der Waals surface area contributed by atoms with Crippen molar-refractivity contribution in [3.63, 3.8) is 0 Å². The minimum absolute atomic E-state index is 0.111. The average molecular weight is 397 g/mol. The topological polar surface area (TPSA) is 58.6 Å². The third-order valence-corrected chi connectivity index (χ3v) is 5.01. The maximum Gasteiger partial charge on any atom is 0.261 e. The molecular weight excluding hydrogens is 364 g/mol. The lowest BCUT2D eigenvalue weighted by atomic mass is 10.0. The summed E-state index contributed by atoms with van der Waals surface area (Å²) in [7, 11) is 1.59. The van der Waals surface area contributed by atoms with Crippen LogP contribution in [0.3, 0.4) is 0 Å². The maximum atomic E-state index is 13.0. The predicted octanol–water partition coefficient (Wildman–Crippen LogP) is 4.05. The summed E-state index contributed by atoms with van der Waals surface area (Å²) in [6.07, 6.45) is 0.528. The van der Waals surface area contributed by atoms with E-state index in [2.05, 4.69) is 19.2 Å². The fourth-order valence-electron chi connectivity index (χ4n) is 3.15. The molecule has 1 atom stereocenters. The predicted molar refractivity (Wildman–Crippen MR) is 116 cm³/mol. The van der Waals surface area contributed by atoms with Gasteiger partial charge in [-0.2, -0.15) is 0 Å². The van der Waals surface area contributed by atoms with E-state index in [1.165, 1.54) is 5.56 Å². The molecule has 0 aliphatic rings. The van der Waals surface area contributed by atoms with Crippen molar-refractivity contribution in [3.8, 4) is 5.75 Å². The molecule has 29 heavy (non-hydrogen) atoms. The van der Waals surface area contributed by atoms with Crippen molar-refractivity contribution in [2.24, 2.45) is 0 Å². The van der Waals surface area contributed by atoms with Gasteiger partial charge < -0.3 is 15.0 Å². The lowest BCUT2D eigenvalue weighted by Crippen LogP contribution is -2.49. The van der Waals surface area contributed by atoms with Gasteiger partial charge in [0.2, 0.25) is 5.91 Å². The highest BCUT2D eigenvalue weighted by atomic mass is 16.5. The zero-order valence-electron chi connectivity index (χ0n) is 18.1. The van der Waals surface area contributed by atoms with Gasteiger partial charge in [0.1, 0.15) is 11.8 Å². The fourth-order valence-corrected chi connectivity index (χ4v) is 3.15. The van der Waals surface area contributed by atoms with E-state index in [4.69, 9.17) is 4.74 Å². The van der Waals surface area contributed by atoms with E-state index in [1.54, 1.807) is 11.9 Å². The molecule has 5 heteroatoms. The minimum atomic E-state index is -0.541. The first-order valence-corrected chi connectivity index (χ1v) is 10.1. The number of nitrogens with one attached hydrogen (secondary N) is 1. The highest BCUT2D eigenvalue weighted by molar-refractivity contribution is 5.88. The molecule has 0 saturated heterocycles. The lowest BCUT2D eigenvalue weighted by molar-refractivity contribution is -0.142. The smallest absolute Gasteiger partial charge is 0.261 e. The van der Waals surface area contributed by atoms with E-state index in [9.17, 15) is 9.59 Å². The van der Waals surface area contributed by atoms with Crippen molar-refractivity contribution in [1.29, 1.82) is 0 Å². The van der Waals surface area contributed by atoms with Gasteiger partial charge in [0.25, 0.3) is 5.91 Å². The number of hydrogen-bond donors (Lipinski definition) is 1. The van der Waals surface area contributed by atoms with Gasteiger partial charge in [0.15, 0.2) is 6.61 Å². The van der Waals surface area contributed by atoms with E-state index < -0.39 is 6.04 Å². The Bertz CT molecular complexity index is 798. The molecule has 0 fully saturated rings. The van der Waals surface area contributed by atoms with E-state index in [1.807, 2.05) is 62.4 Å². The van der Waals surface area contributed by atoms with Crippen LogP contribution in [-0.2, 0) is 16.1 Å². The molecular formula is C24H32N2O3. The SMILES string of the molecule is CC[C@H](C(=O)NC)N(Cc1ccc(C)cc1)C(=O)COc1ccc(C(C)C)cc1. The Labute approximate surface area is 174 Å². The largest absolute Gasteiger partial charge is 0.484 e. The Balaban J connectivity index is 2.14. The molecule has 0 aliphatic carbocycles. The van der Waals surface area contributed by atoms with E-state index in [0.717, 1.165) is 11.1 Å². The molecule has 2 rings (SSSR count). The van der Waals surface area contributed by atoms with E-state index in [0.29, 0.717) is 24.6 Å². The molecule has 156 valence electrons. The highest BCUT2D eigenvalue weighted by Gasteiger charge is 2.28. The van der Waals surface area contributed by atoms with Gasteiger partial charge in [0.05, 0.1) is 0 Å². The molecule has 0 spiro atoms. The summed E-state index contributed by atoms with van der Waals surface area (Å²) in [4.78, 5) is 27.0. The summed E-state index contributed by atoms with van der Waals surface area (Å²) in [5, 5.41) is 2.66. The number of amides is 2. The number of carbonyl (C=O) groups excluding carboxylic acids is 2. The third-order valence-electron chi connectivity index (χ3n) is 5.01. The highest BCUT2D eigenvalue weighted by Crippen LogP contribution is 2.19. The van der Waals surface area contributed by atoms with Crippen molar-refractivity contribution in [2.75, 3.05) is 13.7 Å². The summed E-state index contributed by atoms with van der Waals surface area (Å²) >= 11 is 0. The van der Waals surface area contributed by atoms with Crippen LogP contribution in [0.5, 0.6) is 5.75 Å². The fraction of sp³-hybridized carbons (Fsp3) is 0.417. The number of nitrogens with zero attached hydrogens (tertiary/aromatic N) is 1. The molecule has 2 amide bonds. The van der Waals surface area contributed by atoms with Gasteiger partial charge in [-0.15, -0.1) is 0 Å². The molecule has 0 heterocycles. The third kappa shape index (κ3) is 6.34. The zero-order chi connectivity index (χ0) is 21.4. The van der Waals surface area contributed by atoms with Crippen LogP contribution in [0, 0.1) is 6.92 Å². The first-order chi connectivity index (χ1) is 13.8. The molecule has 1 N–H and O–H groups in total. The van der Waals surface area contributed by atoms with Gasteiger partial charge >= 0.3 is 0 Å². The molecule has 0 unspecified atom stereocenters. The number of aryl methyl sites for hydroxylation is 1. The van der Waals surface area contributed by atoms with Crippen molar-refractivity contribution in [2.45, 2.75) is 52.6 Å². The van der Waals surface area contributed by atoms with Crippen LogP contribution >= 0.6 is 0 Å². The van der Waals surface area contributed by atoms with Crippen molar-refractivity contribution < 1.29 is 14.3 Å². The van der Waals surface area contributed by atoms with Crippen LogP contribution < -0.4 is 10.1 Å². The van der Waals surface area contributed by atoms with Crippen molar-refractivity contribution in [1.82, 2.24) is 10.2 Å². The Morgan fingerprint density at radius 1 is 1.03 bits per heavy atom. The van der Waals surface area contributed by atoms with Gasteiger partial charge in [-0.1, -0.05) is 62.7 Å². The summed E-state index contributed by atoms with van der Waals surface area (Å²) in [5.41, 5.74) is 3.35. The maximum absolute atomic E-state index is 13.0. The second-order valence-electron chi connectivity index (χ2n) is 7.56. The Morgan fingerprint density at radius 2 is 1.66 bits per heavy atom. The lowest BCUT2D eigenvalue weighted by Gasteiger charge is -2.30. The Kier molecular flexibility index (Phi) is 8.25. The molecule has 0 aliphatic heterocycles. The quantitative estimate of drug-likeness (QED) is 0.696. The van der Waals surface area contributed by atoms with Crippen molar-refractivity contribution in [3.05, 3.63) is 65.2 Å². The molecule has 2 aromatic carbocycles. The van der Waals surface area contributed by atoms with Crippen LogP contribution in [0.4, 0.5) is 0 Å². The summed E-state index contributed by atoms with van der Waals surface area (Å²) in [6.45, 7) is 8.43. The first-order valence-electron chi connectivity index (χ1n) is 10.1.